The largest absolute Gasteiger partial charge is 0.506 e. The van der Waals surface area contributed by atoms with E-state index in [-0.39, 0.29) is 29.3 Å². The molecule has 2 aromatic carbocycles. The summed E-state index contributed by atoms with van der Waals surface area (Å²) in [6.07, 6.45) is 6.63. The number of phenols is 1. The van der Waals surface area contributed by atoms with Crippen molar-refractivity contribution in [1.82, 2.24) is 15.3 Å². The van der Waals surface area contributed by atoms with Crippen molar-refractivity contribution in [2.45, 2.75) is 69.4 Å². The lowest BCUT2D eigenvalue weighted by atomic mass is 9.69. The highest BCUT2D eigenvalue weighted by atomic mass is 16.4. The molecule has 0 unspecified atom stereocenters. The zero-order chi connectivity index (χ0) is 31.1. The number of aromatic hydroxyl groups is 1. The van der Waals surface area contributed by atoms with Crippen LogP contribution in [-0.2, 0) is 28.0 Å². The van der Waals surface area contributed by atoms with Crippen LogP contribution in [0.1, 0.15) is 73.4 Å². The van der Waals surface area contributed by atoms with E-state index in [2.05, 4.69) is 20.6 Å². The van der Waals surface area contributed by atoms with Gasteiger partial charge in [-0.05, 0) is 66.6 Å². The van der Waals surface area contributed by atoms with Crippen LogP contribution in [0.4, 0.5) is 5.69 Å². The van der Waals surface area contributed by atoms with Crippen LogP contribution in [0, 0.1) is 0 Å². The maximum atomic E-state index is 12.6. The molecule has 10 heteroatoms. The maximum Gasteiger partial charge on any atom is 0.314 e. The first-order valence-electron chi connectivity index (χ1n) is 15.1. The van der Waals surface area contributed by atoms with E-state index in [0.717, 1.165) is 36.1 Å². The van der Waals surface area contributed by atoms with Gasteiger partial charge in [-0.1, -0.05) is 49.6 Å². The van der Waals surface area contributed by atoms with Crippen LogP contribution in [0.25, 0.3) is 10.9 Å². The van der Waals surface area contributed by atoms with E-state index >= 15 is 0 Å². The van der Waals surface area contributed by atoms with E-state index in [1.165, 1.54) is 12.1 Å². The van der Waals surface area contributed by atoms with Gasteiger partial charge in [-0.25, -0.2) is 0 Å². The number of aliphatic hydroxyl groups excluding tert-OH is 1. The molecular formula is C34H38N4O6. The summed E-state index contributed by atoms with van der Waals surface area (Å²) >= 11 is 0. The molecule has 5 rings (SSSR count). The average Bonchev–Trinajstić information content (AvgIpc) is 3.02. The molecule has 10 nitrogen and oxygen atoms in total. The van der Waals surface area contributed by atoms with Gasteiger partial charge in [0, 0.05) is 31.0 Å². The summed E-state index contributed by atoms with van der Waals surface area (Å²) < 4.78 is 0. The Morgan fingerprint density at radius 3 is 2.59 bits per heavy atom. The second-order valence-corrected chi connectivity index (χ2v) is 11.5. The van der Waals surface area contributed by atoms with Gasteiger partial charge in [0.2, 0.25) is 11.5 Å². The number of carbonyl (C=O) groups excluding carboxylic acids is 1. The molecule has 230 valence electrons. The number of hydrogen-bond acceptors (Lipinski definition) is 7. The molecule has 4 aromatic rings. The van der Waals surface area contributed by atoms with Crippen molar-refractivity contribution in [3.05, 3.63) is 99.6 Å². The number of amides is 1. The highest BCUT2D eigenvalue weighted by molar-refractivity contribution is 5.90. The number of nitrogens with zero attached hydrogens (tertiary/aromatic N) is 1. The standard InChI is InChI=1S/C34H38N4O6/c39-28-14-12-26(27-13-15-31(42)38-32(27)28)29(40)21-35-19-24-10-11-25(20-36-24)37-30(41)9-5-7-22-6-4-8-23(18-22)34(33(43)44)16-2-1-3-17-34/h4,6,8,10-15,18,20,29,35,39-40H,1-3,5,7,9,16-17,19,21H2,(H,37,41)(H,38,42)(H,43,44)/t29-/m0/s1. The number of nitrogens with one attached hydrogen (secondary N) is 3. The molecular weight excluding hydrogens is 560 g/mol. The summed E-state index contributed by atoms with van der Waals surface area (Å²) in [4.78, 5) is 43.4. The number of pyridine rings is 2. The average molecular weight is 599 g/mol. The van der Waals surface area contributed by atoms with Crippen molar-refractivity contribution in [2.24, 2.45) is 0 Å². The lowest BCUT2D eigenvalue weighted by molar-refractivity contribution is -0.145. The van der Waals surface area contributed by atoms with Crippen LogP contribution in [-0.4, -0.2) is 43.7 Å². The molecule has 44 heavy (non-hydrogen) atoms. The number of anilines is 1. The molecule has 1 atom stereocenters. The Balaban J connectivity index is 1.07. The van der Waals surface area contributed by atoms with Gasteiger partial charge in [0.05, 0.1) is 34.6 Å². The Hall–Kier alpha value is -4.54. The number of H-pyrrole nitrogens is 1. The Kier molecular flexibility index (Phi) is 9.72. The van der Waals surface area contributed by atoms with Crippen molar-refractivity contribution < 1.29 is 24.9 Å². The monoisotopic (exact) mass is 598 g/mol. The minimum absolute atomic E-state index is 0.0619. The number of aliphatic carboxylic acids is 1. The molecule has 0 radical (unpaired) electrons. The fraction of sp³-hybridized carbons (Fsp3) is 0.353. The van der Waals surface area contributed by atoms with Crippen molar-refractivity contribution in [2.75, 3.05) is 11.9 Å². The number of carboxylic acids is 1. The first kappa shape index (κ1) is 30.9. The Labute approximate surface area is 255 Å². The summed E-state index contributed by atoms with van der Waals surface area (Å²) in [6, 6.07) is 17.4. The summed E-state index contributed by atoms with van der Waals surface area (Å²) in [7, 11) is 0. The number of aromatic nitrogens is 2. The van der Waals surface area contributed by atoms with E-state index < -0.39 is 17.5 Å². The van der Waals surface area contributed by atoms with E-state index in [0.29, 0.717) is 55.3 Å². The second-order valence-electron chi connectivity index (χ2n) is 11.5. The van der Waals surface area contributed by atoms with Gasteiger partial charge >= 0.3 is 5.97 Å². The number of fused-ring (bicyclic) bond motifs is 1. The lowest BCUT2D eigenvalue weighted by Gasteiger charge is -2.34. The third kappa shape index (κ3) is 7.15. The molecule has 0 bridgehead atoms. The number of carboxylic acid groups (broad SMARTS) is 1. The Bertz CT molecular complexity index is 1680. The fourth-order valence-corrected chi connectivity index (χ4v) is 6.08. The van der Waals surface area contributed by atoms with Crippen LogP contribution < -0.4 is 16.2 Å². The highest BCUT2D eigenvalue weighted by Gasteiger charge is 2.41. The van der Waals surface area contributed by atoms with Crippen LogP contribution in [0.15, 0.2) is 71.7 Å². The summed E-state index contributed by atoms with van der Waals surface area (Å²) in [5, 5.41) is 37.4. The quantitative estimate of drug-likeness (QED) is 0.137. The fourth-order valence-electron chi connectivity index (χ4n) is 6.08. The Morgan fingerprint density at radius 1 is 1.02 bits per heavy atom. The second kappa shape index (κ2) is 13.8. The van der Waals surface area contributed by atoms with Crippen LogP contribution in [0.3, 0.4) is 0 Å². The predicted octanol–water partition coefficient (Wildman–Crippen LogP) is 4.70. The first-order chi connectivity index (χ1) is 21.2. The maximum absolute atomic E-state index is 12.6. The minimum atomic E-state index is -0.879. The number of aliphatic hydroxyl groups is 1. The van der Waals surface area contributed by atoms with E-state index in [4.69, 9.17) is 0 Å². The summed E-state index contributed by atoms with van der Waals surface area (Å²) in [6.45, 7) is 0.611. The molecule has 0 aliphatic heterocycles. The predicted molar refractivity (Wildman–Crippen MR) is 168 cm³/mol. The third-order valence-electron chi connectivity index (χ3n) is 8.48. The van der Waals surface area contributed by atoms with Gasteiger partial charge in [-0.15, -0.1) is 0 Å². The van der Waals surface area contributed by atoms with Crippen LogP contribution >= 0.6 is 0 Å². The van der Waals surface area contributed by atoms with E-state index in [1.54, 1.807) is 30.5 Å². The van der Waals surface area contributed by atoms with Gasteiger partial charge in [-0.3, -0.25) is 19.4 Å². The van der Waals surface area contributed by atoms with Gasteiger partial charge in [0.15, 0.2) is 0 Å². The zero-order valence-electron chi connectivity index (χ0n) is 24.5. The topological polar surface area (TPSA) is 165 Å². The molecule has 6 N–H and O–H groups in total. The van der Waals surface area contributed by atoms with Crippen molar-refractivity contribution >= 4 is 28.5 Å². The number of aromatic amines is 1. The van der Waals surface area contributed by atoms with Gasteiger partial charge in [0.25, 0.3) is 0 Å². The molecule has 0 saturated heterocycles. The lowest BCUT2D eigenvalue weighted by Crippen LogP contribution is -2.37. The van der Waals surface area contributed by atoms with Crippen molar-refractivity contribution in [3.8, 4) is 5.75 Å². The molecule has 1 amide bonds. The van der Waals surface area contributed by atoms with Gasteiger partial charge < -0.3 is 30.9 Å². The molecule has 1 saturated carbocycles. The number of rotatable bonds is 12. The molecule has 2 aromatic heterocycles. The highest BCUT2D eigenvalue weighted by Crippen LogP contribution is 2.40. The smallest absolute Gasteiger partial charge is 0.314 e. The zero-order valence-corrected chi connectivity index (χ0v) is 24.5. The summed E-state index contributed by atoms with van der Waals surface area (Å²) in [5.74, 6) is -0.925. The minimum Gasteiger partial charge on any atom is -0.506 e. The number of carbonyl (C=O) groups is 2. The number of benzene rings is 2. The molecule has 2 heterocycles. The van der Waals surface area contributed by atoms with Crippen molar-refractivity contribution in [1.29, 1.82) is 0 Å². The van der Waals surface area contributed by atoms with Gasteiger partial charge in [0.1, 0.15) is 5.75 Å². The van der Waals surface area contributed by atoms with E-state index in [1.807, 2.05) is 24.3 Å². The van der Waals surface area contributed by atoms with Crippen molar-refractivity contribution in [3.63, 3.8) is 0 Å². The summed E-state index contributed by atoms with van der Waals surface area (Å²) in [5.41, 5.74) is 2.95. The molecule has 1 fully saturated rings. The van der Waals surface area contributed by atoms with Crippen LogP contribution in [0.2, 0.25) is 0 Å². The SMILES string of the molecule is O=C(CCCc1cccc(C2(C(=O)O)CCCCC2)c1)Nc1ccc(CNC[C@H](O)c2ccc(O)c3[nH]c(=O)ccc23)nc1. The molecule has 0 spiro atoms. The third-order valence-corrected chi connectivity index (χ3v) is 8.48. The number of phenolic OH excluding ortho intramolecular Hbond substituents is 1. The van der Waals surface area contributed by atoms with Crippen LogP contribution in [0.5, 0.6) is 5.75 Å². The first-order valence-corrected chi connectivity index (χ1v) is 15.1. The number of hydrogen-bond donors (Lipinski definition) is 6. The van der Waals surface area contributed by atoms with E-state index in [9.17, 15) is 29.7 Å². The molecule has 1 aliphatic carbocycles. The Morgan fingerprint density at radius 2 is 1.84 bits per heavy atom. The van der Waals surface area contributed by atoms with Gasteiger partial charge in [-0.2, -0.15) is 0 Å². The molecule has 1 aliphatic rings. The normalized spacial score (nSPS) is 15.1. The number of aryl methyl sites for hydroxylation is 1.